The topological polar surface area (TPSA) is 86.6 Å². The molecule has 1 rings (SSSR count). The van der Waals surface area contributed by atoms with E-state index in [2.05, 4.69) is 5.32 Å². The molecule has 0 spiro atoms. The van der Waals surface area contributed by atoms with Crippen LogP contribution < -0.4 is 5.32 Å². The molecule has 0 aromatic carbocycles. The van der Waals surface area contributed by atoms with Gasteiger partial charge < -0.3 is 15.5 Å². The van der Waals surface area contributed by atoms with E-state index in [9.17, 15) is 9.59 Å². The summed E-state index contributed by atoms with van der Waals surface area (Å²) in [7, 11) is 0. The van der Waals surface area contributed by atoms with Crippen molar-refractivity contribution in [1.29, 1.82) is 0 Å². The van der Waals surface area contributed by atoms with Gasteiger partial charge in [-0.1, -0.05) is 0 Å². The number of hydrogen-bond acceptors (Lipinski definition) is 4. The second kappa shape index (κ2) is 4.98. The molecule has 0 saturated heterocycles. The summed E-state index contributed by atoms with van der Waals surface area (Å²) in [6, 6.07) is -1.09. The largest absolute Gasteiger partial charge is 0.481 e. The van der Waals surface area contributed by atoms with Gasteiger partial charge in [-0.05, 0) is 30.4 Å². The van der Waals surface area contributed by atoms with Gasteiger partial charge in [0, 0.05) is 0 Å². The molecule has 6 heteroatoms. The van der Waals surface area contributed by atoms with Crippen LogP contribution in [0.3, 0.4) is 0 Å². The minimum Gasteiger partial charge on any atom is -0.481 e. The maximum Gasteiger partial charge on any atom is 0.326 e. The van der Waals surface area contributed by atoms with Gasteiger partial charge in [-0.25, -0.2) is 4.79 Å². The van der Waals surface area contributed by atoms with Crippen molar-refractivity contribution in [3.05, 3.63) is 16.5 Å². The lowest BCUT2D eigenvalue weighted by Crippen LogP contribution is -2.31. The first kappa shape index (κ1) is 12.5. The maximum absolute atomic E-state index is 10.8. The highest BCUT2D eigenvalue weighted by Gasteiger charge is 2.22. The van der Waals surface area contributed by atoms with E-state index in [1.165, 1.54) is 11.3 Å². The molecular formula is C10H13NO4S. The van der Waals surface area contributed by atoms with Crippen LogP contribution in [0.2, 0.25) is 0 Å². The zero-order valence-corrected chi connectivity index (χ0v) is 9.80. The standard InChI is InChI=1S/C10H13NO4S/c1-5-4-16-9(6(5)2)11-7(10(14)15)3-8(12)13/h4,7,11H,3H2,1-2H3,(H,12,13)(H,14,15). The van der Waals surface area contributed by atoms with Crippen molar-refractivity contribution in [2.75, 3.05) is 5.32 Å². The molecule has 0 aliphatic heterocycles. The van der Waals surface area contributed by atoms with E-state index in [1.807, 2.05) is 19.2 Å². The molecule has 1 aromatic rings. The lowest BCUT2D eigenvalue weighted by atomic mass is 10.2. The third-order valence-corrected chi connectivity index (χ3v) is 3.40. The van der Waals surface area contributed by atoms with Crippen molar-refractivity contribution in [2.24, 2.45) is 0 Å². The lowest BCUT2D eigenvalue weighted by molar-refractivity contribution is -0.144. The van der Waals surface area contributed by atoms with E-state index in [0.717, 1.165) is 11.1 Å². The summed E-state index contributed by atoms with van der Waals surface area (Å²) in [4.78, 5) is 21.3. The van der Waals surface area contributed by atoms with Gasteiger partial charge in [0.2, 0.25) is 0 Å². The zero-order valence-electron chi connectivity index (χ0n) is 8.98. The fraction of sp³-hybridized carbons (Fsp3) is 0.400. The fourth-order valence-electron chi connectivity index (χ4n) is 1.18. The Labute approximate surface area is 96.7 Å². The molecule has 1 aromatic heterocycles. The summed E-state index contributed by atoms with van der Waals surface area (Å²) in [5.74, 6) is -2.29. The van der Waals surface area contributed by atoms with Crippen LogP contribution in [0.4, 0.5) is 5.00 Å². The van der Waals surface area contributed by atoms with Crippen LogP contribution in [-0.4, -0.2) is 28.2 Å². The number of nitrogens with one attached hydrogen (secondary N) is 1. The van der Waals surface area contributed by atoms with E-state index < -0.39 is 24.4 Å². The van der Waals surface area contributed by atoms with E-state index >= 15 is 0 Å². The van der Waals surface area contributed by atoms with Gasteiger partial charge in [-0.15, -0.1) is 11.3 Å². The van der Waals surface area contributed by atoms with Gasteiger partial charge in [0.1, 0.15) is 6.04 Å². The van der Waals surface area contributed by atoms with Crippen LogP contribution in [0.15, 0.2) is 5.38 Å². The van der Waals surface area contributed by atoms with E-state index in [0.29, 0.717) is 5.00 Å². The summed E-state index contributed by atoms with van der Waals surface area (Å²) in [5.41, 5.74) is 2.02. The first-order valence-corrected chi connectivity index (χ1v) is 5.55. The second-order valence-corrected chi connectivity index (χ2v) is 4.39. The Balaban J connectivity index is 2.79. The Morgan fingerprint density at radius 1 is 1.44 bits per heavy atom. The minimum absolute atomic E-state index is 0.439. The molecule has 5 nitrogen and oxygen atoms in total. The highest BCUT2D eigenvalue weighted by atomic mass is 32.1. The number of aliphatic carboxylic acids is 2. The van der Waals surface area contributed by atoms with Crippen molar-refractivity contribution in [1.82, 2.24) is 0 Å². The van der Waals surface area contributed by atoms with Crippen LogP contribution in [0, 0.1) is 13.8 Å². The highest BCUT2D eigenvalue weighted by Crippen LogP contribution is 2.27. The molecule has 1 atom stereocenters. The van der Waals surface area contributed by atoms with Gasteiger partial charge in [0.25, 0.3) is 0 Å². The van der Waals surface area contributed by atoms with Gasteiger partial charge in [0.15, 0.2) is 0 Å². The molecule has 0 aliphatic carbocycles. The normalized spacial score (nSPS) is 12.1. The van der Waals surface area contributed by atoms with E-state index in [4.69, 9.17) is 10.2 Å². The molecule has 88 valence electrons. The number of carbonyl (C=O) groups is 2. The molecule has 0 saturated carbocycles. The molecule has 16 heavy (non-hydrogen) atoms. The first-order chi connectivity index (χ1) is 7.41. The fourth-order valence-corrected chi connectivity index (χ4v) is 2.20. The molecule has 1 heterocycles. The molecule has 0 fully saturated rings. The Morgan fingerprint density at radius 2 is 2.06 bits per heavy atom. The van der Waals surface area contributed by atoms with Crippen LogP contribution >= 0.6 is 11.3 Å². The predicted octanol–water partition coefficient (Wildman–Crippen LogP) is 1.70. The van der Waals surface area contributed by atoms with Crippen molar-refractivity contribution in [3.63, 3.8) is 0 Å². The van der Waals surface area contributed by atoms with E-state index in [1.54, 1.807) is 0 Å². The third kappa shape index (κ3) is 2.96. The van der Waals surface area contributed by atoms with Crippen LogP contribution in [0.25, 0.3) is 0 Å². The molecule has 0 amide bonds. The van der Waals surface area contributed by atoms with Crippen molar-refractivity contribution >= 4 is 28.3 Å². The molecular weight excluding hydrogens is 230 g/mol. The molecule has 0 aliphatic rings. The number of carboxylic acids is 2. The number of aryl methyl sites for hydroxylation is 1. The number of carboxylic acid groups (broad SMARTS) is 2. The lowest BCUT2D eigenvalue weighted by Gasteiger charge is -2.12. The second-order valence-electron chi connectivity index (χ2n) is 3.51. The van der Waals surface area contributed by atoms with E-state index in [-0.39, 0.29) is 0 Å². The van der Waals surface area contributed by atoms with Crippen molar-refractivity contribution in [3.8, 4) is 0 Å². The first-order valence-electron chi connectivity index (χ1n) is 4.67. The molecule has 3 N–H and O–H groups in total. The van der Waals surface area contributed by atoms with Gasteiger partial charge in [0.05, 0.1) is 11.4 Å². The quantitative estimate of drug-likeness (QED) is 0.732. The summed E-state index contributed by atoms with van der Waals surface area (Å²) in [6.07, 6.45) is -0.439. The Kier molecular flexibility index (Phi) is 3.89. The average molecular weight is 243 g/mol. The summed E-state index contributed by atoms with van der Waals surface area (Å²) >= 11 is 1.38. The van der Waals surface area contributed by atoms with Gasteiger partial charge in [-0.2, -0.15) is 0 Å². The Morgan fingerprint density at radius 3 is 2.44 bits per heavy atom. The summed E-state index contributed by atoms with van der Waals surface area (Å²) in [5, 5.41) is 22.8. The molecule has 0 bridgehead atoms. The van der Waals surface area contributed by atoms with Crippen molar-refractivity contribution < 1.29 is 19.8 Å². The summed E-state index contributed by atoms with van der Waals surface area (Å²) in [6.45, 7) is 3.79. The predicted molar refractivity (Wildman–Crippen MR) is 61.1 cm³/mol. The Hall–Kier alpha value is -1.56. The van der Waals surface area contributed by atoms with Crippen LogP contribution in [0.1, 0.15) is 17.5 Å². The SMILES string of the molecule is Cc1csc(NC(CC(=O)O)C(=O)O)c1C. The molecule has 1 unspecified atom stereocenters. The average Bonchev–Trinajstić information content (AvgIpc) is 2.47. The maximum atomic E-state index is 10.8. The minimum atomic E-state index is -1.16. The Bertz CT molecular complexity index is 413. The van der Waals surface area contributed by atoms with Crippen molar-refractivity contribution in [2.45, 2.75) is 26.3 Å². The monoisotopic (exact) mass is 243 g/mol. The zero-order chi connectivity index (χ0) is 12.3. The number of anilines is 1. The number of rotatable bonds is 5. The highest BCUT2D eigenvalue weighted by molar-refractivity contribution is 7.14. The summed E-state index contributed by atoms with van der Waals surface area (Å²) < 4.78 is 0. The third-order valence-electron chi connectivity index (χ3n) is 2.27. The van der Waals surface area contributed by atoms with Gasteiger partial charge >= 0.3 is 11.9 Å². The smallest absolute Gasteiger partial charge is 0.326 e. The van der Waals surface area contributed by atoms with Crippen LogP contribution in [0.5, 0.6) is 0 Å². The molecule has 0 radical (unpaired) electrons. The number of hydrogen-bond donors (Lipinski definition) is 3. The van der Waals surface area contributed by atoms with Gasteiger partial charge in [-0.3, -0.25) is 4.79 Å². The number of thiophene rings is 1. The van der Waals surface area contributed by atoms with Crippen LogP contribution in [-0.2, 0) is 9.59 Å².